The molecule has 2 N–H and O–H groups in total. The van der Waals surface area contributed by atoms with E-state index in [0.717, 1.165) is 49.6 Å². The molecule has 7 heteroatoms. The molecule has 2 aromatic rings. The van der Waals surface area contributed by atoms with Gasteiger partial charge in [-0.2, -0.15) is 9.78 Å². The van der Waals surface area contributed by atoms with Crippen LogP contribution in [-0.4, -0.2) is 38.6 Å². The molecule has 1 aliphatic heterocycles. The molecule has 0 bridgehead atoms. The fourth-order valence-corrected chi connectivity index (χ4v) is 5.51. The van der Waals surface area contributed by atoms with Gasteiger partial charge >= 0.3 is 0 Å². The smallest absolute Gasteiger partial charge is 0.203 e. The third-order valence-corrected chi connectivity index (χ3v) is 7.04. The first-order valence-electron chi connectivity index (χ1n) is 9.93. The number of nitrogens with one attached hydrogen (secondary N) is 1. The van der Waals surface area contributed by atoms with Crippen molar-refractivity contribution in [3.63, 3.8) is 0 Å². The maximum Gasteiger partial charge on any atom is 0.203 e. The summed E-state index contributed by atoms with van der Waals surface area (Å²) in [6.07, 6.45) is 9.04. The minimum Gasteiger partial charge on any atom is -0.387 e. The lowest BCUT2D eigenvalue weighted by atomic mass is 9.95. The molecular weight excluding hydrogens is 364 g/mol. The normalized spacial score (nSPS) is 24.8. The highest BCUT2D eigenvalue weighted by atomic mass is 32.1. The minimum atomic E-state index is -0.182. The van der Waals surface area contributed by atoms with Gasteiger partial charge in [0, 0.05) is 17.3 Å². The van der Waals surface area contributed by atoms with Crippen LogP contribution in [0, 0.1) is 4.77 Å². The molecule has 1 aliphatic carbocycles. The summed E-state index contributed by atoms with van der Waals surface area (Å²) in [5.41, 5.74) is 0. The molecule has 3 heterocycles. The van der Waals surface area contributed by atoms with Gasteiger partial charge in [0.25, 0.3) is 0 Å². The Hall–Kier alpha value is -1.02. The first-order valence-corrected chi connectivity index (χ1v) is 11.2. The molecule has 2 atom stereocenters. The zero-order valence-electron chi connectivity index (χ0n) is 15.3. The van der Waals surface area contributed by atoms with Crippen LogP contribution in [0.1, 0.15) is 61.7 Å². The third-order valence-electron chi connectivity index (χ3n) is 5.76. The quantitative estimate of drug-likeness (QED) is 0.768. The lowest BCUT2D eigenvalue weighted by Gasteiger charge is -2.26. The van der Waals surface area contributed by atoms with Crippen LogP contribution in [0.5, 0.6) is 0 Å². The van der Waals surface area contributed by atoms with E-state index in [1.54, 1.807) is 11.3 Å². The highest BCUT2D eigenvalue weighted by Gasteiger charge is 2.25. The Morgan fingerprint density at radius 2 is 2.08 bits per heavy atom. The average molecular weight is 394 g/mol. The lowest BCUT2D eigenvalue weighted by Crippen LogP contribution is -3.13. The monoisotopic (exact) mass is 393 g/mol. The second-order valence-electron chi connectivity index (χ2n) is 7.77. The summed E-state index contributed by atoms with van der Waals surface area (Å²) in [6, 6.07) is 4.79. The summed E-state index contributed by atoms with van der Waals surface area (Å²) in [5, 5.41) is 17.1. The molecule has 0 spiro atoms. The van der Waals surface area contributed by atoms with Crippen LogP contribution in [0.15, 0.2) is 17.5 Å². The van der Waals surface area contributed by atoms with Gasteiger partial charge < -0.3 is 14.6 Å². The van der Waals surface area contributed by atoms with Gasteiger partial charge in [-0.3, -0.25) is 0 Å². The van der Waals surface area contributed by atoms with E-state index in [9.17, 15) is 5.11 Å². The molecule has 1 saturated heterocycles. The third kappa shape index (κ3) is 4.11. The second-order valence-corrected chi connectivity index (χ2v) is 9.17. The average Bonchev–Trinajstić information content (AvgIpc) is 3.25. The molecule has 5 nitrogen and oxygen atoms in total. The number of likely N-dealkylation sites (tertiary alicyclic amines) is 1. The van der Waals surface area contributed by atoms with Crippen molar-refractivity contribution in [2.24, 2.45) is 0 Å². The Kier molecular flexibility index (Phi) is 5.88. The van der Waals surface area contributed by atoms with E-state index in [-0.39, 0.29) is 6.10 Å². The molecule has 0 amide bonds. The van der Waals surface area contributed by atoms with Crippen LogP contribution in [0.2, 0.25) is 0 Å². The van der Waals surface area contributed by atoms with Gasteiger partial charge in [-0.25, -0.2) is 0 Å². The van der Waals surface area contributed by atoms with Gasteiger partial charge in [-0.15, -0.1) is 11.3 Å². The predicted octanol–water partition coefficient (Wildman–Crippen LogP) is 2.57. The van der Waals surface area contributed by atoms with Crippen molar-refractivity contribution in [2.45, 2.75) is 70.2 Å². The van der Waals surface area contributed by atoms with Gasteiger partial charge in [-0.05, 0) is 49.3 Å². The topological polar surface area (TPSA) is 47.4 Å². The Balaban J connectivity index is 1.61. The number of aliphatic hydroxyl groups excluding tert-OH is 1. The van der Waals surface area contributed by atoms with Crippen LogP contribution in [0.4, 0.5) is 0 Å². The fourth-order valence-electron chi connectivity index (χ4n) is 4.44. The zero-order chi connectivity index (χ0) is 17.9. The molecule has 0 radical (unpaired) electrons. The SMILES string of the molecule is O[C@H]1CCC[NH+](Cn2nc(Cc3cccs3)n(C3CCCCC3)c2=S)C1. The first-order chi connectivity index (χ1) is 12.7. The summed E-state index contributed by atoms with van der Waals surface area (Å²) in [6.45, 7) is 2.67. The molecule has 2 fully saturated rings. The largest absolute Gasteiger partial charge is 0.387 e. The number of aliphatic hydroxyl groups is 1. The van der Waals surface area contributed by atoms with Crippen LogP contribution in [0.3, 0.4) is 0 Å². The number of quaternary nitrogens is 1. The molecule has 26 heavy (non-hydrogen) atoms. The Morgan fingerprint density at radius 3 is 2.81 bits per heavy atom. The van der Waals surface area contributed by atoms with Crippen molar-refractivity contribution in [2.75, 3.05) is 13.1 Å². The van der Waals surface area contributed by atoms with E-state index >= 15 is 0 Å². The molecule has 2 aliphatic rings. The standard InChI is InChI=1S/C19H28N4OS2/c24-16-8-4-10-21(13-16)14-22-19(25)23(15-6-2-1-3-7-15)18(20-22)12-17-9-5-11-26-17/h5,9,11,15-16,24H,1-4,6-8,10,12-14H2/p+1/t16-/m0/s1. The van der Waals surface area contributed by atoms with E-state index in [4.69, 9.17) is 17.3 Å². The Labute approximate surface area is 164 Å². The van der Waals surface area contributed by atoms with E-state index in [2.05, 4.69) is 22.1 Å². The fraction of sp³-hybridized carbons (Fsp3) is 0.684. The Morgan fingerprint density at radius 1 is 1.23 bits per heavy atom. The summed E-state index contributed by atoms with van der Waals surface area (Å²) in [5.74, 6) is 1.11. The van der Waals surface area contributed by atoms with Crippen molar-refractivity contribution in [3.8, 4) is 0 Å². The number of thiophene rings is 1. The minimum absolute atomic E-state index is 0.182. The zero-order valence-corrected chi connectivity index (χ0v) is 16.9. The lowest BCUT2D eigenvalue weighted by molar-refractivity contribution is -0.931. The number of aromatic nitrogens is 3. The molecular formula is C19H29N4OS2+. The van der Waals surface area contributed by atoms with Crippen molar-refractivity contribution < 1.29 is 10.0 Å². The number of rotatable bonds is 5. The highest BCUT2D eigenvalue weighted by molar-refractivity contribution is 7.71. The highest BCUT2D eigenvalue weighted by Crippen LogP contribution is 2.30. The molecule has 0 aromatic carbocycles. The first kappa shape index (κ1) is 18.3. The van der Waals surface area contributed by atoms with E-state index < -0.39 is 0 Å². The summed E-state index contributed by atoms with van der Waals surface area (Å²) in [4.78, 5) is 2.73. The van der Waals surface area contributed by atoms with Crippen molar-refractivity contribution in [1.29, 1.82) is 0 Å². The van der Waals surface area contributed by atoms with Crippen LogP contribution >= 0.6 is 23.6 Å². The van der Waals surface area contributed by atoms with Crippen LogP contribution in [0.25, 0.3) is 0 Å². The Bertz CT molecular complexity index is 761. The molecule has 142 valence electrons. The molecule has 1 unspecified atom stereocenters. The van der Waals surface area contributed by atoms with Crippen molar-refractivity contribution in [3.05, 3.63) is 33.0 Å². The van der Waals surface area contributed by atoms with Crippen LogP contribution < -0.4 is 4.90 Å². The summed E-state index contributed by atoms with van der Waals surface area (Å²) < 4.78 is 5.25. The number of hydrogen-bond donors (Lipinski definition) is 2. The van der Waals surface area contributed by atoms with Gasteiger partial charge in [0.15, 0.2) is 6.67 Å². The van der Waals surface area contributed by atoms with Gasteiger partial charge in [0.05, 0.1) is 6.54 Å². The maximum absolute atomic E-state index is 9.98. The number of hydrogen-bond acceptors (Lipinski definition) is 4. The van der Waals surface area contributed by atoms with E-state index in [1.807, 2.05) is 4.68 Å². The van der Waals surface area contributed by atoms with Crippen molar-refractivity contribution in [1.82, 2.24) is 14.3 Å². The van der Waals surface area contributed by atoms with Gasteiger partial charge in [0.2, 0.25) is 4.77 Å². The van der Waals surface area contributed by atoms with E-state index in [1.165, 1.54) is 41.9 Å². The van der Waals surface area contributed by atoms with Crippen LogP contribution in [-0.2, 0) is 13.1 Å². The summed E-state index contributed by atoms with van der Waals surface area (Å²) >= 11 is 7.67. The molecule has 4 rings (SSSR count). The number of nitrogens with zero attached hydrogens (tertiary/aromatic N) is 3. The van der Waals surface area contributed by atoms with Gasteiger partial charge in [-0.1, -0.05) is 25.3 Å². The molecule has 1 saturated carbocycles. The number of piperidine rings is 1. The summed E-state index contributed by atoms with van der Waals surface area (Å²) in [7, 11) is 0. The predicted molar refractivity (Wildman–Crippen MR) is 106 cm³/mol. The van der Waals surface area contributed by atoms with E-state index in [0.29, 0.717) is 6.04 Å². The second kappa shape index (κ2) is 8.33. The van der Waals surface area contributed by atoms with Crippen molar-refractivity contribution >= 4 is 23.6 Å². The maximum atomic E-state index is 9.98. The molecule has 2 aromatic heterocycles. The van der Waals surface area contributed by atoms with Gasteiger partial charge in [0.1, 0.15) is 18.5 Å².